The highest BCUT2D eigenvalue weighted by Gasteiger charge is 2.30. The van der Waals surface area contributed by atoms with Crippen molar-refractivity contribution in [3.8, 4) is 5.69 Å². The van der Waals surface area contributed by atoms with E-state index < -0.39 is 11.6 Å². The van der Waals surface area contributed by atoms with Gasteiger partial charge in [0.2, 0.25) is 0 Å². The Bertz CT molecular complexity index is 1220. The molecule has 2 aromatic carbocycles. The molecule has 2 amide bonds. The first kappa shape index (κ1) is 25.7. The molecule has 0 saturated heterocycles. The van der Waals surface area contributed by atoms with Gasteiger partial charge in [-0.15, -0.1) is 0 Å². The maximum absolute atomic E-state index is 13.7. The molecule has 0 radical (unpaired) electrons. The number of para-hydroxylation sites is 1. The van der Waals surface area contributed by atoms with Crippen LogP contribution in [0.1, 0.15) is 46.0 Å². The molecule has 3 aromatic rings. The molecular formula is C26H34ClN5O2. The van der Waals surface area contributed by atoms with Crippen molar-refractivity contribution >= 4 is 28.5 Å². The number of likely N-dealkylation sites (N-methyl/N-ethyl adjacent to an activating group) is 1. The number of benzene rings is 2. The molecule has 0 aliphatic heterocycles. The summed E-state index contributed by atoms with van der Waals surface area (Å²) >= 11 is 6.29. The molecule has 8 heteroatoms. The van der Waals surface area contributed by atoms with Crippen molar-refractivity contribution in [1.82, 2.24) is 24.7 Å². The number of halogens is 1. The number of nitrogens with one attached hydrogen (secondary N) is 1. The molecule has 3 rings (SSSR count). The van der Waals surface area contributed by atoms with Crippen LogP contribution < -0.4 is 10.9 Å². The Morgan fingerprint density at radius 3 is 2.44 bits per heavy atom. The summed E-state index contributed by atoms with van der Waals surface area (Å²) in [6.45, 7) is 9.00. The minimum absolute atomic E-state index is 0.190. The molecule has 1 unspecified atom stereocenters. The lowest BCUT2D eigenvalue weighted by Gasteiger charge is -2.35. The van der Waals surface area contributed by atoms with Gasteiger partial charge in [-0.1, -0.05) is 36.7 Å². The maximum atomic E-state index is 13.7. The highest BCUT2D eigenvalue weighted by Crippen LogP contribution is 2.27. The quantitative estimate of drug-likeness (QED) is 0.521. The van der Waals surface area contributed by atoms with Crippen LogP contribution in [0.4, 0.5) is 4.79 Å². The lowest BCUT2D eigenvalue weighted by molar-refractivity contribution is 0.153. The second-order valence-electron chi connectivity index (χ2n) is 9.71. The fourth-order valence-electron chi connectivity index (χ4n) is 3.88. The summed E-state index contributed by atoms with van der Waals surface area (Å²) in [7, 11) is 3.94. The van der Waals surface area contributed by atoms with Crippen molar-refractivity contribution in [3.63, 3.8) is 0 Å². The molecular weight excluding hydrogens is 450 g/mol. The first-order chi connectivity index (χ1) is 16.0. The summed E-state index contributed by atoms with van der Waals surface area (Å²) < 4.78 is 1.59. The Morgan fingerprint density at radius 1 is 1.12 bits per heavy atom. The van der Waals surface area contributed by atoms with Crippen molar-refractivity contribution in [1.29, 1.82) is 0 Å². The van der Waals surface area contributed by atoms with Crippen molar-refractivity contribution < 1.29 is 4.79 Å². The summed E-state index contributed by atoms with van der Waals surface area (Å²) in [5, 5.41) is 4.11. The monoisotopic (exact) mass is 483 g/mol. The number of fused-ring (bicyclic) bond motifs is 1. The van der Waals surface area contributed by atoms with Crippen LogP contribution in [0.3, 0.4) is 0 Å². The molecule has 0 fully saturated rings. The molecule has 34 heavy (non-hydrogen) atoms. The first-order valence-corrected chi connectivity index (χ1v) is 11.9. The average molecular weight is 484 g/mol. The van der Waals surface area contributed by atoms with Crippen LogP contribution in [0.25, 0.3) is 16.6 Å². The van der Waals surface area contributed by atoms with E-state index in [0.29, 0.717) is 46.9 Å². The smallest absolute Gasteiger partial charge is 0.318 e. The number of rotatable bonds is 7. The fraction of sp³-hybridized carbons (Fsp3) is 0.423. The third-order valence-electron chi connectivity index (χ3n) is 5.46. The van der Waals surface area contributed by atoms with Crippen LogP contribution in [0, 0.1) is 0 Å². The van der Waals surface area contributed by atoms with E-state index in [1.165, 1.54) is 0 Å². The van der Waals surface area contributed by atoms with Gasteiger partial charge in [0, 0.05) is 23.7 Å². The van der Waals surface area contributed by atoms with Gasteiger partial charge in [-0.25, -0.2) is 9.78 Å². The van der Waals surface area contributed by atoms with Crippen molar-refractivity contribution in [2.24, 2.45) is 0 Å². The Hall–Kier alpha value is -2.90. The molecule has 1 N–H and O–H groups in total. The SMILES string of the molecule is CCC(c1nc2ccccc2c(=O)n1-c1cccc(Cl)c1)N(CCN(C)C)C(=O)NC(C)(C)C. The first-order valence-electron chi connectivity index (χ1n) is 11.5. The van der Waals surface area contributed by atoms with Gasteiger partial charge >= 0.3 is 6.03 Å². The number of carbonyl (C=O) groups excluding carboxylic acids is 1. The lowest BCUT2D eigenvalue weighted by Crippen LogP contribution is -2.51. The molecule has 0 bridgehead atoms. The lowest BCUT2D eigenvalue weighted by atomic mass is 10.1. The molecule has 1 atom stereocenters. The van der Waals surface area contributed by atoms with Gasteiger partial charge in [-0.3, -0.25) is 9.36 Å². The predicted molar refractivity (Wildman–Crippen MR) is 139 cm³/mol. The van der Waals surface area contributed by atoms with Gasteiger partial charge in [0.25, 0.3) is 5.56 Å². The van der Waals surface area contributed by atoms with Crippen LogP contribution in [0.15, 0.2) is 53.3 Å². The molecule has 7 nitrogen and oxygen atoms in total. The summed E-state index contributed by atoms with van der Waals surface area (Å²) in [6, 6.07) is 13.8. The highest BCUT2D eigenvalue weighted by molar-refractivity contribution is 6.30. The normalized spacial score (nSPS) is 12.7. The van der Waals surface area contributed by atoms with Gasteiger partial charge in [-0.05, 0) is 71.6 Å². The Morgan fingerprint density at radius 2 is 1.82 bits per heavy atom. The van der Waals surface area contributed by atoms with Crippen molar-refractivity contribution in [2.45, 2.75) is 45.7 Å². The van der Waals surface area contributed by atoms with Crippen LogP contribution in [-0.4, -0.2) is 58.1 Å². The molecule has 0 aliphatic carbocycles. The van der Waals surface area contributed by atoms with E-state index in [2.05, 4.69) is 5.32 Å². The van der Waals surface area contributed by atoms with E-state index in [1.807, 2.05) is 71.0 Å². The fourth-order valence-corrected chi connectivity index (χ4v) is 4.06. The molecule has 0 aliphatic rings. The zero-order valence-corrected chi connectivity index (χ0v) is 21.6. The van der Waals surface area contributed by atoms with Gasteiger partial charge in [0.15, 0.2) is 0 Å². The number of amides is 2. The third-order valence-corrected chi connectivity index (χ3v) is 5.70. The predicted octanol–water partition coefficient (Wildman–Crippen LogP) is 4.86. The highest BCUT2D eigenvalue weighted by atomic mass is 35.5. The molecule has 1 aromatic heterocycles. The summed E-state index contributed by atoms with van der Waals surface area (Å²) in [4.78, 5) is 35.9. The van der Waals surface area contributed by atoms with E-state index >= 15 is 0 Å². The van der Waals surface area contributed by atoms with Gasteiger partial charge < -0.3 is 15.1 Å². The number of aromatic nitrogens is 2. The maximum Gasteiger partial charge on any atom is 0.318 e. The minimum atomic E-state index is -0.432. The number of urea groups is 1. The van der Waals surface area contributed by atoms with Gasteiger partial charge in [0.05, 0.1) is 22.6 Å². The second kappa shape index (κ2) is 10.6. The van der Waals surface area contributed by atoms with E-state index in [4.69, 9.17) is 16.6 Å². The van der Waals surface area contributed by atoms with E-state index in [1.54, 1.807) is 33.7 Å². The van der Waals surface area contributed by atoms with Crippen molar-refractivity contribution in [2.75, 3.05) is 27.2 Å². The van der Waals surface area contributed by atoms with Gasteiger partial charge in [-0.2, -0.15) is 0 Å². The molecule has 1 heterocycles. The van der Waals surface area contributed by atoms with Crippen LogP contribution in [0.5, 0.6) is 0 Å². The van der Waals surface area contributed by atoms with Crippen LogP contribution >= 0.6 is 11.6 Å². The van der Waals surface area contributed by atoms with E-state index in [-0.39, 0.29) is 11.6 Å². The third kappa shape index (κ3) is 5.96. The molecule has 182 valence electrons. The number of hydrogen-bond acceptors (Lipinski definition) is 4. The van der Waals surface area contributed by atoms with Crippen LogP contribution in [-0.2, 0) is 0 Å². The standard InChI is InChI=1S/C26H34ClN5O2/c1-7-22(31(16-15-30(5)6)25(34)29-26(2,3)4)23-28-21-14-9-8-13-20(21)24(33)32(23)19-12-10-11-18(27)17-19/h8-14,17,22H,7,15-16H2,1-6H3,(H,29,34). The Balaban J connectivity index is 2.25. The Kier molecular flexibility index (Phi) is 8.00. The molecule has 0 spiro atoms. The summed E-state index contributed by atoms with van der Waals surface area (Å²) in [5.74, 6) is 0.510. The topological polar surface area (TPSA) is 70.5 Å². The van der Waals surface area contributed by atoms with Crippen LogP contribution in [0.2, 0.25) is 5.02 Å². The van der Waals surface area contributed by atoms with Crippen molar-refractivity contribution in [3.05, 3.63) is 69.7 Å². The number of hydrogen-bond donors (Lipinski definition) is 1. The molecule has 0 saturated carbocycles. The summed E-state index contributed by atoms with van der Waals surface area (Å²) in [5.41, 5.74) is 0.621. The Labute approximate surface area is 206 Å². The second-order valence-corrected chi connectivity index (χ2v) is 10.1. The average Bonchev–Trinajstić information content (AvgIpc) is 2.75. The van der Waals surface area contributed by atoms with Gasteiger partial charge in [0.1, 0.15) is 5.82 Å². The summed E-state index contributed by atoms with van der Waals surface area (Å²) in [6.07, 6.45) is 0.580. The number of nitrogens with zero attached hydrogens (tertiary/aromatic N) is 4. The largest absolute Gasteiger partial charge is 0.333 e. The number of carbonyl (C=O) groups is 1. The van der Waals surface area contributed by atoms with E-state index in [0.717, 1.165) is 0 Å². The van der Waals surface area contributed by atoms with E-state index in [9.17, 15) is 9.59 Å². The minimum Gasteiger partial charge on any atom is -0.333 e. The zero-order chi connectivity index (χ0) is 25.0. The zero-order valence-electron chi connectivity index (χ0n) is 20.8.